The molecule has 0 saturated carbocycles. The zero-order valence-electron chi connectivity index (χ0n) is 6.60. The van der Waals surface area contributed by atoms with E-state index < -0.39 is 0 Å². The molecule has 0 aromatic carbocycles. The lowest BCUT2D eigenvalue weighted by Gasteiger charge is -1.95. The minimum Gasteiger partial charge on any atom is -0.356 e. The molecule has 0 bridgehead atoms. The number of carbonyl (C=O) groups is 1. The van der Waals surface area contributed by atoms with Crippen LogP contribution in [0.25, 0.3) is 0 Å². The van der Waals surface area contributed by atoms with Gasteiger partial charge < -0.3 is 5.32 Å². The molecule has 0 aliphatic carbocycles. The van der Waals surface area contributed by atoms with E-state index in [-0.39, 0.29) is 5.91 Å². The molecule has 1 amide bonds. The summed E-state index contributed by atoms with van der Waals surface area (Å²) in [5.74, 6) is 0.984. The molecule has 0 saturated heterocycles. The first-order chi connectivity index (χ1) is 4.70. The van der Waals surface area contributed by atoms with Crippen LogP contribution >= 0.6 is 11.8 Å². The van der Waals surface area contributed by atoms with Crippen molar-refractivity contribution in [3.05, 3.63) is 11.0 Å². The van der Waals surface area contributed by atoms with Crippen molar-refractivity contribution in [2.45, 2.75) is 13.8 Å². The van der Waals surface area contributed by atoms with Crippen molar-refractivity contribution in [1.29, 1.82) is 0 Å². The predicted octanol–water partition coefficient (Wildman–Crippen LogP) is 1.39. The van der Waals surface area contributed by atoms with Gasteiger partial charge in [-0.2, -0.15) is 0 Å². The predicted molar refractivity (Wildman–Crippen MR) is 46.0 cm³/mol. The topological polar surface area (TPSA) is 29.1 Å². The Morgan fingerprint density at radius 1 is 1.70 bits per heavy atom. The summed E-state index contributed by atoms with van der Waals surface area (Å²) in [6.45, 7) is 4.00. The lowest BCUT2D eigenvalue weighted by atomic mass is 10.5. The molecule has 0 aliphatic heterocycles. The Hall–Kier alpha value is -0.440. The molecule has 2 nitrogen and oxygen atoms in total. The minimum atomic E-state index is -0.0292. The molecule has 58 valence electrons. The van der Waals surface area contributed by atoms with Crippen molar-refractivity contribution in [3.63, 3.8) is 0 Å². The second-order valence-electron chi connectivity index (χ2n) is 1.80. The molecular weight excluding hydrogens is 146 g/mol. The van der Waals surface area contributed by atoms with E-state index in [1.807, 2.05) is 6.92 Å². The smallest absolute Gasteiger partial charge is 0.244 e. The molecule has 0 aliphatic rings. The number of nitrogens with one attached hydrogen (secondary N) is 1. The molecule has 1 N–H and O–H groups in total. The fraction of sp³-hybridized carbons (Fsp3) is 0.571. The Balaban J connectivity index is 3.77. The van der Waals surface area contributed by atoms with Gasteiger partial charge in [-0.05, 0) is 17.6 Å². The average Bonchev–Trinajstić information content (AvgIpc) is 1.88. The molecule has 0 fully saturated rings. The van der Waals surface area contributed by atoms with Crippen molar-refractivity contribution < 1.29 is 4.79 Å². The van der Waals surface area contributed by atoms with Crippen molar-refractivity contribution in [1.82, 2.24) is 5.32 Å². The standard InChI is InChI=1S/C7H13NOS/c1-4-10-6(2)5-7(9)8-3/h5H,4H2,1-3H3,(H,8,9). The fourth-order valence-electron chi connectivity index (χ4n) is 0.526. The molecule has 10 heavy (non-hydrogen) atoms. The molecule has 0 aromatic rings. The number of thioether (sulfide) groups is 1. The Morgan fingerprint density at radius 3 is 2.70 bits per heavy atom. The van der Waals surface area contributed by atoms with Gasteiger partial charge >= 0.3 is 0 Å². The zero-order chi connectivity index (χ0) is 7.98. The van der Waals surface area contributed by atoms with Gasteiger partial charge in [0.25, 0.3) is 0 Å². The van der Waals surface area contributed by atoms with Crippen molar-refractivity contribution in [3.8, 4) is 0 Å². The summed E-state index contributed by atoms with van der Waals surface area (Å²) >= 11 is 1.68. The van der Waals surface area contributed by atoms with Crippen LogP contribution in [-0.2, 0) is 4.79 Å². The average molecular weight is 159 g/mol. The van der Waals surface area contributed by atoms with Gasteiger partial charge in [-0.3, -0.25) is 4.79 Å². The second-order valence-corrected chi connectivity index (χ2v) is 3.31. The van der Waals surface area contributed by atoms with E-state index in [1.54, 1.807) is 24.9 Å². The maximum atomic E-state index is 10.7. The summed E-state index contributed by atoms with van der Waals surface area (Å²) in [5, 5.41) is 2.53. The van der Waals surface area contributed by atoms with Crippen molar-refractivity contribution >= 4 is 17.7 Å². The monoisotopic (exact) mass is 159 g/mol. The van der Waals surface area contributed by atoms with Crippen molar-refractivity contribution in [2.24, 2.45) is 0 Å². The fourth-order valence-corrected chi connectivity index (χ4v) is 1.17. The van der Waals surface area contributed by atoms with E-state index in [2.05, 4.69) is 12.2 Å². The molecule has 0 spiro atoms. The molecule has 0 aromatic heterocycles. The van der Waals surface area contributed by atoms with Gasteiger partial charge in [-0.1, -0.05) is 6.92 Å². The van der Waals surface area contributed by atoms with E-state index in [9.17, 15) is 4.79 Å². The van der Waals surface area contributed by atoms with E-state index in [1.165, 1.54) is 0 Å². The first-order valence-corrected chi connectivity index (χ1v) is 4.22. The third kappa shape index (κ3) is 4.44. The summed E-state index contributed by atoms with van der Waals surface area (Å²) in [4.78, 5) is 11.8. The van der Waals surface area contributed by atoms with Gasteiger partial charge in [0.2, 0.25) is 5.91 Å². The first-order valence-electron chi connectivity index (χ1n) is 3.23. The molecule has 0 rings (SSSR count). The Morgan fingerprint density at radius 2 is 2.30 bits per heavy atom. The molecule has 3 heteroatoms. The van der Waals surface area contributed by atoms with Gasteiger partial charge in [0, 0.05) is 13.1 Å². The summed E-state index contributed by atoms with van der Waals surface area (Å²) in [6, 6.07) is 0. The maximum absolute atomic E-state index is 10.7. The van der Waals surface area contributed by atoms with Gasteiger partial charge in [-0.25, -0.2) is 0 Å². The van der Waals surface area contributed by atoms with E-state index >= 15 is 0 Å². The van der Waals surface area contributed by atoms with Gasteiger partial charge in [0.1, 0.15) is 0 Å². The highest BCUT2D eigenvalue weighted by Gasteiger charge is 1.92. The summed E-state index contributed by atoms with van der Waals surface area (Å²) < 4.78 is 0. The number of allylic oxidation sites excluding steroid dienone is 1. The van der Waals surface area contributed by atoms with Crippen LogP contribution in [0.1, 0.15) is 13.8 Å². The van der Waals surface area contributed by atoms with Gasteiger partial charge in [-0.15, -0.1) is 11.8 Å². The second kappa shape index (κ2) is 5.35. The largest absolute Gasteiger partial charge is 0.356 e. The lowest BCUT2D eigenvalue weighted by molar-refractivity contribution is -0.116. The highest BCUT2D eigenvalue weighted by Crippen LogP contribution is 2.12. The van der Waals surface area contributed by atoms with Gasteiger partial charge in [0.15, 0.2) is 0 Å². The quantitative estimate of drug-likeness (QED) is 0.630. The third-order valence-corrected chi connectivity index (χ3v) is 1.81. The number of hydrogen-bond donors (Lipinski definition) is 1. The maximum Gasteiger partial charge on any atom is 0.244 e. The molecule has 0 radical (unpaired) electrons. The molecule has 0 heterocycles. The van der Waals surface area contributed by atoms with E-state index in [4.69, 9.17) is 0 Å². The third-order valence-electron chi connectivity index (χ3n) is 0.953. The lowest BCUT2D eigenvalue weighted by Crippen LogP contribution is -2.14. The first kappa shape index (κ1) is 9.56. The van der Waals surface area contributed by atoms with E-state index in [0.29, 0.717) is 0 Å². The van der Waals surface area contributed by atoms with Crippen molar-refractivity contribution in [2.75, 3.05) is 12.8 Å². The minimum absolute atomic E-state index is 0.0292. The summed E-state index contributed by atoms with van der Waals surface area (Å²) in [5.41, 5.74) is 0. The van der Waals surface area contributed by atoms with Crippen LogP contribution in [0.3, 0.4) is 0 Å². The molecular formula is C7H13NOS. The number of carbonyl (C=O) groups excluding carboxylic acids is 1. The summed E-state index contributed by atoms with van der Waals surface area (Å²) in [7, 11) is 1.63. The number of hydrogen-bond acceptors (Lipinski definition) is 2. The van der Waals surface area contributed by atoms with Gasteiger partial charge in [0.05, 0.1) is 0 Å². The van der Waals surface area contributed by atoms with Crippen LogP contribution in [0.5, 0.6) is 0 Å². The van der Waals surface area contributed by atoms with Crippen LogP contribution in [0, 0.1) is 0 Å². The number of rotatable bonds is 3. The zero-order valence-corrected chi connectivity index (χ0v) is 7.42. The molecule has 0 unspecified atom stereocenters. The SMILES string of the molecule is CCSC(C)=CC(=O)NC. The van der Waals surface area contributed by atoms with E-state index in [0.717, 1.165) is 10.7 Å². The normalized spacial score (nSPS) is 11.3. The van der Waals surface area contributed by atoms with Crippen LogP contribution in [-0.4, -0.2) is 18.7 Å². The van der Waals surface area contributed by atoms with Crippen LogP contribution in [0.15, 0.2) is 11.0 Å². The Bertz CT molecular complexity index is 143. The van der Waals surface area contributed by atoms with Crippen LogP contribution in [0.4, 0.5) is 0 Å². The number of amides is 1. The highest BCUT2D eigenvalue weighted by molar-refractivity contribution is 8.03. The highest BCUT2D eigenvalue weighted by atomic mass is 32.2. The van der Waals surface area contributed by atoms with Crippen LogP contribution in [0.2, 0.25) is 0 Å². The van der Waals surface area contributed by atoms with Crippen LogP contribution < -0.4 is 5.32 Å². The molecule has 0 atom stereocenters. The summed E-state index contributed by atoms with van der Waals surface area (Å²) in [6.07, 6.45) is 1.61. The Kier molecular flexibility index (Phi) is 5.12. The number of likely N-dealkylation sites (N-methyl/N-ethyl adjacent to an activating group) is 1. The Labute approximate surface area is 66.1 Å².